The second kappa shape index (κ2) is 9.08. The molecular weight excluding hydrogens is 347 g/mol. The molecular formula is C21H25FN2OS. The number of nitrogens with one attached hydrogen (secondary N) is 1. The van der Waals surface area contributed by atoms with E-state index < -0.39 is 0 Å². The van der Waals surface area contributed by atoms with E-state index in [1.165, 1.54) is 23.3 Å². The predicted octanol–water partition coefficient (Wildman–Crippen LogP) is 4.01. The van der Waals surface area contributed by atoms with Gasteiger partial charge < -0.3 is 10.2 Å². The summed E-state index contributed by atoms with van der Waals surface area (Å²) in [6.45, 7) is 4.64. The molecule has 1 saturated heterocycles. The van der Waals surface area contributed by atoms with Crippen molar-refractivity contribution in [3.63, 3.8) is 0 Å². The standard InChI is InChI=1S/C21H25FN2OS/c1-16-2-4-17(5-3-16)14-26-15-21(25)23-12-18-10-11-24(13-18)20-8-6-19(22)7-9-20/h2-9,18H,10-15H2,1H3,(H,23,25). The van der Waals surface area contributed by atoms with Crippen LogP contribution < -0.4 is 10.2 Å². The fourth-order valence-corrected chi connectivity index (χ4v) is 3.96. The number of anilines is 1. The lowest BCUT2D eigenvalue weighted by molar-refractivity contribution is -0.118. The molecule has 0 bridgehead atoms. The molecule has 138 valence electrons. The highest BCUT2D eigenvalue weighted by Gasteiger charge is 2.23. The fraction of sp³-hybridized carbons (Fsp3) is 0.381. The Morgan fingerprint density at radius 3 is 2.65 bits per heavy atom. The second-order valence-corrected chi connectivity index (χ2v) is 7.85. The molecule has 1 aliphatic rings. The molecule has 2 aromatic rings. The van der Waals surface area contributed by atoms with Crippen molar-refractivity contribution < 1.29 is 9.18 Å². The maximum Gasteiger partial charge on any atom is 0.230 e. The van der Waals surface area contributed by atoms with Gasteiger partial charge in [0.25, 0.3) is 0 Å². The van der Waals surface area contributed by atoms with Gasteiger partial charge in [-0.25, -0.2) is 4.39 Å². The van der Waals surface area contributed by atoms with Crippen LogP contribution in [0.5, 0.6) is 0 Å². The van der Waals surface area contributed by atoms with Crippen molar-refractivity contribution in [1.82, 2.24) is 5.32 Å². The lowest BCUT2D eigenvalue weighted by Crippen LogP contribution is -2.32. The number of nitrogens with zero attached hydrogens (tertiary/aromatic N) is 1. The first-order chi connectivity index (χ1) is 12.6. The van der Waals surface area contributed by atoms with E-state index in [-0.39, 0.29) is 11.7 Å². The van der Waals surface area contributed by atoms with E-state index in [1.807, 2.05) is 12.1 Å². The largest absolute Gasteiger partial charge is 0.371 e. The average molecular weight is 373 g/mol. The van der Waals surface area contributed by atoms with E-state index >= 15 is 0 Å². The molecule has 2 aromatic carbocycles. The van der Waals surface area contributed by atoms with Crippen LogP contribution in [0.3, 0.4) is 0 Å². The molecule has 1 heterocycles. The number of carbonyl (C=O) groups is 1. The van der Waals surface area contributed by atoms with Gasteiger partial charge in [0.05, 0.1) is 5.75 Å². The molecule has 0 spiro atoms. The van der Waals surface area contributed by atoms with Crippen LogP contribution in [0.1, 0.15) is 17.5 Å². The minimum atomic E-state index is -0.208. The molecule has 0 aliphatic carbocycles. The van der Waals surface area contributed by atoms with Crippen LogP contribution in [0.15, 0.2) is 48.5 Å². The molecule has 1 amide bonds. The molecule has 1 N–H and O–H groups in total. The Balaban J connectivity index is 1.34. The first-order valence-corrected chi connectivity index (χ1v) is 10.2. The molecule has 3 rings (SSSR count). The van der Waals surface area contributed by atoms with Gasteiger partial charge in [-0.05, 0) is 49.1 Å². The van der Waals surface area contributed by atoms with E-state index in [2.05, 4.69) is 41.4 Å². The number of halogens is 1. The van der Waals surface area contributed by atoms with Gasteiger partial charge in [0, 0.05) is 31.1 Å². The average Bonchev–Trinajstić information content (AvgIpc) is 3.11. The highest BCUT2D eigenvalue weighted by atomic mass is 32.2. The number of amides is 1. The van der Waals surface area contributed by atoms with Crippen molar-refractivity contribution in [2.45, 2.75) is 19.1 Å². The fourth-order valence-electron chi connectivity index (χ4n) is 3.14. The summed E-state index contributed by atoms with van der Waals surface area (Å²) < 4.78 is 13.0. The topological polar surface area (TPSA) is 32.3 Å². The summed E-state index contributed by atoms with van der Waals surface area (Å²) in [6, 6.07) is 15.1. The summed E-state index contributed by atoms with van der Waals surface area (Å²) in [5, 5.41) is 3.05. The quantitative estimate of drug-likeness (QED) is 0.797. The highest BCUT2D eigenvalue weighted by molar-refractivity contribution is 7.99. The molecule has 0 radical (unpaired) electrons. The second-order valence-electron chi connectivity index (χ2n) is 6.86. The van der Waals surface area contributed by atoms with Gasteiger partial charge >= 0.3 is 0 Å². The molecule has 5 heteroatoms. The summed E-state index contributed by atoms with van der Waals surface area (Å²) in [4.78, 5) is 14.3. The molecule has 1 aliphatic heterocycles. The summed E-state index contributed by atoms with van der Waals surface area (Å²) in [6.07, 6.45) is 1.05. The number of benzene rings is 2. The molecule has 0 aromatic heterocycles. The van der Waals surface area contributed by atoms with Crippen LogP contribution in [0.2, 0.25) is 0 Å². The first-order valence-electron chi connectivity index (χ1n) is 9.00. The van der Waals surface area contributed by atoms with Gasteiger partial charge in [-0.15, -0.1) is 11.8 Å². The third-order valence-corrected chi connectivity index (χ3v) is 5.69. The van der Waals surface area contributed by atoms with Gasteiger partial charge in [0.2, 0.25) is 5.91 Å². The van der Waals surface area contributed by atoms with Gasteiger partial charge in [0.1, 0.15) is 5.82 Å². The summed E-state index contributed by atoms with van der Waals surface area (Å²) in [7, 11) is 0. The number of aryl methyl sites for hydroxylation is 1. The number of rotatable bonds is 7. The number of hydrogen-bond donors (Lipinski definition) is 1. The van der Waals surface area contributed by atoms with Crippen LogP contribution in [-0.4, -0.2) is 31.3 Å². The minimum Gasteiger partial charge on any atom is -0.371 e. The smallest absolute Gasteiger partial charge is 0.230 e. The summed E-state index contributed by atoms with van der Waals surface area (Å²) in [5.41, 5.74) is 3.55. The third kappa shape index (κ3) is 5.49. The van der Waals surface area contributed by atoms with Gasteiger partial charge in [-0.1, -0.05) is 29.8 Å². The molecule has 1 fully saturated rings. The van der Waals surface area contributed by atoms with Crippen molar-refractivity contribution in [2.24, 2.45) is 5.92 Å². The third-order valence-electron chi connectivity index (χ3n) is 4.69. The number of thioether (sulfide) groups is 1. The van der Waals surface area contributed by atoms with Gasteiger partial charge in [-0.2, -0.15) is 0 Å². The van der Waals surface area contributed by atoms with Crippen molar-refractivity contribution >= 4 is 23.4 Å². The SMILES string of the molecule is Cc1ccc(CSCC(=O)NCC2CCN(c3ccc(F)cc3)C2)cc1. The van der Waals surface area contributed by atoms with E-state index in [9.17, 15) is 9.18 Å². The van der Waals surface area contributed by atoms with Gasteiger partial charge in [-0.3, -0.25) is 4.79 Å². The zero-order valence-corrected chi connectivity index (χ0v) is 15.9. The van der Waals surface area contributed by atoms with Crippen LogP contribution in [0.4, 0.5) is 10.1 Å². The predicted molar refractivity (Wildman–Crippen MR) is 107 cm³/mol. The van der Waals surface area contributed by atoms with Crippen LogP contribution in [0, 0.1) is 18.7 Å². The van der Waals surface area contributed by atoms with Gasteiger partial charge in [0.15, 0.2) is 0 Å². The number of hydrogen-bond acceptors (Lipinski definition) is 3. The Kier molecular flexibility index (Phi) is 6.56. The summed E-state index contributed by atoms with van der Waals surface area (Å²) in [5.74, 6) is 1.69. The highest BCUT2D eigenvalue weighted by Crippen LogP contribution is 2.23. The monoisotopic (exact) mass is 372 g/mol. The maximum absolute atomic E-state index is 13.0. The minimum absolute atomic E-state index is 0.0994. The van der Waals surface area contributed by atoms with Crippen molar-refractivity contribution in [3.8, 4) is 0 Å². The zero-order chi connectivity index (χ0) is 18.4. The van der Waals surface area contributed by atoms with Crippen LogP contribution in [-0.2, 0) is 10.5 Å². The zero-order valence-electron chi connectivity index (χ0n) is 15.1. The van der Waals surface area contributed by atoms with E-state index in [0.717, 1.165) is 31.0 Å². The Labute approximate surface area is 159 Å². The molecule has 3 nitrogen and oxygen atoms in total. The van der Waals surface area contributed by atoms with E-state index in [0.29, 0.717) is 18.2 Å². The van der Waals surface area contributed by atoms with E-state index in [1.54, 1.807) is 11.8 Å². The Bertz CT molecular complexity index is 718. The Hall–Kier alpha value is -2.01. The molecule has 1 unspecified atom stereocenters. The lowest BCUT2D eigenvalue weighted by Gasteiger charge is -2.18. The molecule has 26 heavy (non-hydrogen) atoms. The molecule has 1 atom stereocenters. The van der Waals surface area contributed by atoms with E-state index in [4.69, 9.17) is 0 Å². The van der Waals surface area contributed by atoms with Crippen molar-refractivity contribution in [3.05, 3.63) is 65.5 Å². The summed E-state index contributed by atoms with van der Waals surface area (Å²) >= 11 is 1.64. The van der Waals surface area contributed by atoms with Crippen molar-refractivity contribution in [2.75, 3.05) is 30.3 Å². The normalized spacial score (nSPS) is 16.7. The molecule has 0 saturated carbocycles. The Morgan fingerprint density at radius 1 is 1.19 bits per heavy atom. The number of carbonyl (C=O) groups excluding carboxylic acids is 1. The van der Waals surface area contributed by atoms with Crippen LogP contribution >= 0.6 is 11.8 Å². The Morgan fingerprint density at radius 2 is 1.92 bits per heavy atom. The van der Waals surface area contributed by atoms with Crippen molar-refractivity contribution in [1.29, 1.82) is 0 Å². The van der Waals surface area contributed by atoms with Crippen LogP contribution in [0.25, 0.3) is 0 Å². The maximum atomic E-state index is 13.0. The lowest BCUT2D eigenvalue weighted by atomic mass is 10.1. The first kappa shape index (κ1) is 18.8.